The van der Waals surface area contributed by atoms with Gasteiger partial charge >= 0.3 is 0 Å². The molecule has 0 radical (unpaired) electrons. The van der Waals surface area contributed by atoms with Crippen molar-refractivity contribution in [2.45, 2.75) is 25.8 Å². The van der Waals surface area contributed by atoms with Crippen LogP contribution in [-0.2, 0) is 0 Å². The quantitative estimate of drug-likeness (QED) is 0.790. The molecule has 1 unspecified atom stereocenters. The Bertz CT molecular complexity index is 536. The van der Waals surface area contributed by atoms with Gasteiger partial charge in [-0.05, 0) is 24.6 Å². The van der Waals surface area contributed by atoms with E-state index in [0.717, 1.165) is 23.3 Å². The van der Waals surface area contributed by atoms with Crippen molar-refractivity contribution < 1.29 is 0 Å². The van der Waals surface area contributed by atoms with E-state index in [-0.39, 0.29) is 6.04 Å². The summed E-state index contributed by atoms with van der Waals surface area (Å²) >= 11 is 13.9. The molecule has 0 saturated heterocycles. The lowest BCUT2D eigenvalue weighted by atomic mass is 10.1. The zero-order chi connectivity index (χ0) is 13.1. The zero-order valence-corrected chi connectivity index (χ0v) is 12.4. The van der Waals surface area contributed by atoms with Gasteiger partial charge < -0.3 is 5.73 Å². The van der Waals surface area contributed by atoms with Gasteiger partial charge in [-0.2, -0.15) is 0 Å². The van der Waals surface area contributed by atoms with E-state index in [0.29, 0.717) is 10.0 Å². The molecule has 18 heavy (non-hydrogen) atoms. The summed E-state index contributed by atoms with van der Waals surface area (Å²) in [6.45, 7) is 2.14. The fourth-order valence-electron chi connectivity index (χ4n) is 1.84. The minimum atomic E-state index is 0.117. The third-order valence-electron chi connectivity index (χ3n) is 2.81. The number of halogens is 2. The Hall–Kier alpha value is -0.540. The van der Waals surface area contributed by atoms with Crippen molar-refractivity contribution in [3.63, 3.8) is 0 Å². The lowest BCUT2D eigenvalue weighted by molar-refractivity contribution is 0.648. The molecule has 1 atom stereocenters. The molecule has 0 saturated carbocycles. The normalized spacial score (nSPS) is 12.7. The van der Waals surface area contributed by atoms with Crippen molar-refractivity contribution in [2.75, 3.05) is 0 Å². The van der Waals surface area contributed by atoms with Crippen LogP contribution in [0.1, 0.15) is 30.7 Å². The van der Waals surface area contributed by atoms with Crippen molar-refractivity contribution in [3.05, 3.63) is 45.3 Å². The van der Waals surface area contributed by atoms with Crippen LogP contribution in [0.15, 0.2) is 30.3 Å². The summed E-state index contributed by atoms with van der Waals surface area (Å²) in [5, 5.41) is 1.19. The highest BCUT2D eigenvalue weighted by Gasteiger charge is 2.12. The molecule has 0 aliphatic carbocycles. The number of rotatable bonds is 4. The SMILES string of the molecule is CCCC(N)c1ccc(-c2cccc(Cl)c2Cl)s1. The van der Waals surface area contributed by atoms with E-state index in [4.69, 9.17) is 28.9 Å². The Morgan fingerprint density at radius 2 is 2.00 bits per heavy atom. The molecule has 0 fully saturated rings. The van der Waals surface area contributed by atoms with Crippen molar-refractivity contribution in [3.8, 4) is 10.4 Å². The van der Waals surface area contributed by atoms with Crippen LogP contribution < -0.4 is 5.73 Å². The van der Waals surface area contributed by atoms with Crippen LogP contribution in [-0.4, -0.2) is 0 Å². The van der Waals surface area contributed by atoms with E-state index < -0.39 is 0 Å². The molecule has 2 N–H and O–H groups in total. The van der Waals surface area contributed by atoms with Gasteiger partial charge in [0.15, 0.2) is 0 Å². The third kappa shape index (κ3) is 2.89. The van der Waals surface area contributed by atoms with E-state index in [9.17, 15) is 0 Å². The van der Waals surface area contributed by atoms with E-state index in [1.54, 1.807) is 17.4 Å². The second-order valence-electron chi connectivity index (χ2n) is 4.20. The van der Waals surface area contributed by atoms with Gasteiger partial charge in [-0.1, -0.05) is 48.7 Å². The highest BCUT2D eigenvalue weighted by Crippen LogP contribution is 2.38. The van der Waals surface area contributed by atoms with Crippen LogP contribution in [0, 0.1) is 0 Å². The Kier molecular flexibility index (Phi) is 4.68. The van der Waals surface area contributed by atoms with Gasteiger partial charge in [0.05, 0.1) is 10.0 Å². The monoisotopic (exact) mass is 299 g/mol. The number of thiophene rings is 1. The molecule has 1 heterocycles. The second kappa shape index (κ2) is 6.07. The second-order valence-corrected chi connectivity index (χ2v) is 6.10. The van der Waals surface area contributed by atoms with E-state index in [2.05, 4.69) is 19.1 Å². The summed E-state index contributed by atoms with van der Waals surface area (Å²) in [7, 11) is 0. The van der Waals surface area contributed by atoms with Gasteiger partial charge in [-0.3, -0.25) is 0 Å². The lowest BCUT2D eigenvalue weighted by Crippen LogP contribution is -2.07. The summed E-state index contributed by atoms with van der Waals surface area (Å²) in [6, 6.07) is 9.95. The van der Waals surface area contributed by atoms with Gasteiger partial charge in [0.25, 0.3) is 0 Å². The maximum atomic E-state index is 6.22. The maximum Gasteiger partial charge on any atom is 0.0678 e. The molecule has 2 rings (SSSR count). The van der Waals surface area contributed by atoms with E-state index >= 15 is 0 Å². The summed E-state index contributed by atoms with van der Waals surface area (Å²) in [5.41, 5.74) is 7.09. The number of hydrogen-bond donors (Lipinski definition) is 1. The predicted molar refractivity (Wildman–Crippen MR) is 81.6 cm³/mol. The molecule has 1 aromatic heterocycles. The average molecular weight is 300 g/mol. The van der Waals surface area contributed by atoms with Crippen molar-refractivity contribution in [2.24, 2.45) is 5.73 Å². The molecule has 1 aromatic carbocycles. The van der Waals surface area contributed by atoms with Gasteiger partial charge in [0.2, 0.25) is 0 Å². The van der Waals surface area contributed by atoms with Crippen LogP contribution in [0.4, 0.5) is 0 Å². The van der Waals surface area contributed by atoms with Crippen molar-refractivity contribution in [1.29, 1.82) is 0 Å². The molecule has 0 spiro atoms. The van der Waals surface area contributed by atoms with Crippen LogP contribution in [0.2, 0.25) is 10.0 Å². The smallest absolute Gasteiger partial charge is 0.0678 e. The first-order valence-electron chi connectivity index (χ1n) is 5.93. The highest BCUT2D eigenvalue weighted by molar-refractivity contribution is 7.15. The van der Waals surface area contributed by atoms with Crippen LogP contribution in [0.25, 0.3) is 10.4 Å². The first kappa shape index (κ1) is 13.9. The topological polar surface area (TPSA) is 26.0 Å². The Morgan fingerprint density at radius 3 is 2.72 bits per heavy atom. The molecule has 0 aliphatic heterocycles. The van der Waals surface area contributed by atoms with Crippen LogP contribution in [0.5, 0.6) is 0 Å². The maximum absolute atomic E-state index is 6.22. The Balaban J connectivity index is 2.32. The zero-order valence-electron chi connectivity index (χ0n) is 10.1. The third-order valence-corrected chi connectivity index (χ3v) is 4.88. The minimum absolute atomic E-state index is 0.117. The highest BCUT2D eigenvalue weighted by atomic mass is 35.5. The van der Waals surface area contributed by atoms with Gasteiger partial charge in [-0.25, -0.2) is 0 Å². The molecule has 0 bridgehead atoms. The van der Waals surface area contributed by atoms with E-state index in [1.807, 2.05) is 12.1 Å². The number of benzene rings is 1. The molecule has 96 valence electrons. The fourth-order valence-corrected chi connectivity index (χ4v) is 3.38. The number of hydrogen-bond acceptors (Lipinski definition) is 2. The largest absolute Gasteiger partial charge is 0.323 e. The standard InChI is InChI=1S/C14H15Cl2NS/c1-2-4-11(17)13-8-7-12(18-13)9-5-3-6-10(15)14(9)16/h3,5-8,11H,2,4,17H2,1H3. The van der Waals surface area contributed by atoms with Gasteiger partial charge in [-0.15, -0.1) is 11.3 Å². The Labute approximate surface area is 122 Å². The molecular weight excluding hydrogens is 285 g/mol. The van der Waals surface area contributed by atoms with E-state index in [1.165, 1.54) is 4.88 Å². The first-order chi connectivity index (χ1) is 8.63. The molecule has 1 nitrogen and oxygen atoms in total. The van der Waals surface area contributed by atoms with Gasteiger partial charge in [0.1, 0.15) is 0 Å². The molecule has 4 heteroatoms. The van der Waals surface area contributed by atoms with Crippen LogP contribution >= 0.6 is 34.5 Å². The number of nitrogens with two attached hydrogens (primary N) is 1. The first-order valence-corrected chi connectivity index (χ1v) is 7.50. The molecule has 0 amide bonds. The predicted octanol–water partition coefficient (Wildman–Crippen LogP) is 5.52. The fraction of sp³-hybridized carbons (Fsp3) is 0.286. The van der Waals surface area contributed by atoms with Crippen molar-refractivity contribution in [1.82, 2.24) is 0 Å². The molecule has 0 aliphatic rings. The van der Waals surface area contributed by atoms with Gasteiger partial charge in [0, 0.05) is 21.4 Å². The van der Waals surface area contributed by atoms with Crippen LogP contribution in [0.3, 0.4) is 0 Å². The lowest BCUT2D eigenvalue weighted by Gasteiger charge is -2.07. The average Bonchev–Trinajstić information content (AvgIpc) is 2.82. The molecule has 2 aromatic rings. The summed E-state index contributed by atoms with van der Waals surface area (Å²) in [4.78, 5) is 2.31. The summed E-state index contributed by atoms with van der Waals surface area (Å²) < 4.78 is 0. The Morgan fingerprint density at radius 1 is 1.22 bits per heavy atom. The summed E-state index contributed by atoms with van der Waals surface area (Å²) in [6.07, 6.45) is 2.09. The summed E-state index contributed by atoms with van der Waals surface area (Å²) in [5.74, 6) is 0. The molecular formula is C14H15Cl2NS. The minimum Gasteiger partial charge on any atom is -0.323 e. The van der Waals surface area contributed by atoms with Crippen molar-refractivity contribution >= 4 is 34.5 Å².